The van der Waals surface area contributed by atoms with Crippen LogP contribution < -0.4 is 0 Å². The van der Waals surface area contributed by atoms with Crippen LogP contribution in [0.4, 0.5) is 0 Å². The van der Waals surface area contributed by atoms with Crippen molar-refractivity contribution in [1.82, 2.24) is 13.7 Å². The zero-order chi connectivity index (χ0) is 98.1. The fourth-order valence-corrected chi connectivity index (χ4v) is 23.8. The Morgan fingerprint density at radius 1 is 0.142 bits per heavy atom. The predicted molar refractivity (Wildman–Crippen MR) is 628 cm³/mol. The van der Waals surface area contributed by atoms with Crippen molar-refractivity contribution in [2.75, 3.05) is 0 Å². The zero-order valence-corrected chi connectivity index (χ0v) is 91.5. The molecule has 0 radical (unpaired) electrons. The molecule has 3 heterocycles. The van der Waals surface area contributed by atoms with E-state index in [9.17, 15) is 0 Å². The largest absolute Gasteiger partial charge is 0.340 e. The molecule has 141 heavy (non-hydrogen) atoms. The maximum atomic E-state index is 3.00. The Morgan fingerprint density at radius 3 is 0.433 bits per heavy atom. The third kappa shape index (κ3) is 32.3. The quantitative estimate of drug-likeness (QED) is 0.0338. The molecule has 0 aliphatic rings. The summed E-state index contributed by atoms with van der Waals surface area (Å²) in [6.45, 7) is 24.1. The summed E-state index contributed by atoms with van der Waals surface area (Å²) in [7, 11) is 0. The van der Waals surface area contributed by atoms with Crippen molar-refractivity contribution >= 4 is 65.4 Å². The SMILES string of the molecule is CCCCCCCCCc1ccc(-c2cc3c4c(c5c6cc(-c7ccc(CCCCCCCCC)cc7)c(-c7ccc(CCCCCCCCC)cc7)cc6n(CCCCCCCC)c5c5c6cc(-c7ccc(CCCCCCCCC)cc7)c(-c7ccc(CCCCCCCCC)cc7)cc6n(CCCCCCCC)c45)n(CCCCCCCC)c3cc2-c2ccc(CCCCCCCCC)cc2)cc1. The van der Waals surface area contributed by atoms with Crippen molar-refractivity contribution in [3.8, 4) is 66.8 Å². The Kier molecular flexibility index (Phi) is 48.6. The molecule has 0 saturated carbocycles. The number of rotatable bonds is 75. The van der Waals surface area contributed by atoms with E-state index in [2.05, 4.69) is 258 Å². The molecule has 3 heteroatoms. The van der Waals surface area contributed by atoms with E-state index in [1.165, 1.54) is 532 Å². The van der Waals surface area contributed by atoms with Crippen molar-refractivity contribution in [2.45, 2.75) is 506 Å². The molecule has 0 unspecified atom stereocenters. The van der Waals surface area contributed by atoms with Crippen molar-refractivity contribution < 1.29 is 0 Å². The summed E-state index contributed by atoms with van der Waals surface area (Å²) in [6.07, 6.45) is 84.9. The molecular formula is C138H195N3. The van der Waals surface area contributed by atoms with Crippen molar-refractivity contribution in [3.05, 3.63) is 215 Å². The van der Waals surface area contributed by atoms with E-state index in [4.69, 9.17) is 0 Å². The first-order valence-electron chi connectivity index (χ1n) is 60.4. The van der Waals surface area contributed by atoms with Crippen LogP contribution in [0, 0.1) is 0 Å². The number of hydrogen-bond acceptors (Lipinski definition) is 0. The van der Waals surface area contributed by atoms with Gasteiger partial charge in [0.25, 0.3) is 0 Å². The highest BCUT2D eigenvalue weighted by Gasteiger charge is 2.32. The maximum absolute atomic E-state index is 3.00. The molecule has 0 bridgehead atoms. The number of fused-ring (bicyclic) bond motifs is 12. The molecule has 3 aromatic heterocycles. The summed E-state index contributed by atoms with van der Waals surface area (Å²) < 4.78 is 8.99. The molecule has 13 rings (SSSR count). The molecular weight excluding hydrogens is 1700 g/mol. The Morgan fingerprint density at radius 2 is 0.277 bits per heavy atom. The molecule has 10 aromatic carbocycles. The highest BCUT2D eigenvalue weighted by Crippen LogP contribution is 2.54. The molecule has 3 nitrogen and oxygen atoms in total. The highest BCUT2D eigenvalue weighted by molar-refractivity contribution is 6.40. The van der Waals surface area contributed by atoms with Gasteiger partial charge in [-0.1, -0.05) is 535 Å². The van der Waals surface area contributed by atoms with Gasteiger partial charge in [-0.05, 0) is 233 Å². The molecule has 0 N–H and O–H groups in total. The van der Waals surface area contributed by atoms with Gasteiger partial charge >= 0.3 is 0 Å². The average molecular weight is 1900 g/mol. The number of benzene rings is 10. The fourth-order valence-electron chi connectivity index (χ4n) is 23.8. The van der Waals surface area contributed by atoms with Gasteiger partial charge in [-0.15, -0.1) is 0 Å². The molecule has 0 fully saturated rings. The number of hydrogen-bond donors (Lipinski definition) is 0. The molecule has 0 spiro atoms. The van der Waals surface area contributed by atoms with Gasteiger partial charge in [0.2, 0.25) is 0 Å². The molecule has 0 aliphatic heterocycles. The highest BCUT2D eigenvalue weighted by atomic mass is 15.0. The Bertz CT molecular complexity index is 5090. The van der Waals surface area contributed by atoms with E-state index < -0.39 is 0 Å². The second-order valence-corrected chi connectivity index (χ2v) is 44.1. The van der Waals surface area contributed by atoms with E-state index >= 15 is 0 Å². The minimum atomic E-state index is 0.951. The summed E-state index contributed by atoms with van der Waals surface area (Å²) in [4.78, 5) is 0. The minimum Gasteiger partial charge on any atom is -0.340 e. The third-order valence-corrected chi connectivity index (χ3v) is 32.5. The summed E-state index contributed by atoms with van der Waals surface area (Å²) >= 11 is 0. The normalized spacial score (nSPS) is 12.0. The monoisotopic (exact) mass is 1890 g/mol. The maximum Gasteiger partial charge on any atom is 0.0614 e. The van der Waals surface area contributed by atoms with Crippen LogP contribution in [-0.4, -0.2) is 13.7 Å². The van der Waals surface area contributed by atoms with Gasteiger partial charge < -0.3 is 13.7 Å². The summed E-state index contributed by atoms with van der Waals surface area (Å²) in [5.41, 5.74) is 33.4. The van der Waals surface area contributed by atoms with Crippen LogP contribution in [0.1, 0.15) is 481 Å². The predicted octanol–water partition coefficient (Wildman–Crippen LogP) is 44.9. The zero-order valence-electron chi connectivity index (χ0n) is 91.5. The third-order valence-electron chi connectivity index (χ3n) is 32.5. The second-order valence-electron chi connectivity index (χ2n) is 44.1. The molecule has 0 amide bonds. The van der Waals surface area contributed by atoms with Gasteiger partial charge in [-0.3, -0.25) is 0 Å². The van der Waals surface area contributed by atoms with E-state index in [0.29, 0.717) is 0 Å². The van der Waals surface area contributed by atoms with Crippen LogP contribution in [-0.2, 0) is 58.2 Å². The Labute approximate surface area is 861 Å². The molecule has 0 aliphatic carbocycles. The first kappa shape index (κ1) is 110. The summed E-state index contributed by atoms with van der Waals surface area (Å²) in [5, 5.41) is 8.59. The van der Waals surface area contributed by atoms with Crippen LogP contribution >= 0.6 is 0 Å². The topological polar surface area (TPSA) is 14.8 Å². The molecule has 762 valence electrons. The first-order chi connectivity index (χ1) is 69.7. The number of aromatic nitrogens is 3. The van der Waals surface area contributed by atoms with Gasteiger partial charge in [0.05, 0.1) is 16.6 Å². The Hall–Kier alpha value is -8.40. The van der Waals surface area contributed by atoms with E-state index in [-0.39, 0.29) is 0 Å². The lowest BCUT2D eigenvalue weighted by molar-refractivity contribution is 0.570. The van der Waals surface area contributed by atoms with Crippen LogP contribution in [0.15, 0.2) is 182 Å². The molecule has 0 saturated heterocycles. The van der Waals surface area contributed by atoms with Gasteiger partial charge in [-0.2, -0.15) is 0 Å². The fraction of sp³-hybridized carbons (Fsp3) is 0.565. The first-order valence-corrected chi connectivity index (χ1v) is 60.4. The number of aryl methyl sites for hydroxylation is 9. The lowest BCUT2D eigenvalue weighted by Gasteiger charge is -2.15. The van der Waals surface area contributed by atoms with E-state index in [1.807, 2.05) is 0 Å². The van der Waals surface area contributed by atoms with Crippen LogP contribution in [0.25, 0.3) is 132 Å². The minimum absolute atomic E-state index is 0.951. The van der Waals surface area contributed by atoms with Crippen molar-refractivity contribution in [1.29, 1.82) is 0 Å². The number of nitrogens with zero attached hydrogens (tertiary/aromatic N) is 3. The summed E-state index contributed by atoms with van der Waals surface area (Å²) in [5.74, 6) is 0. The number of unbranched alkanes of at least 4 members (excludes halogenated alkanes) is 51. The summed E-state index contributed by atoms with van der Waals surface area (Å²) in [6, 6.07) is 77.5. The van der Waals surface area contributed by atoms with Gasteiger partial charge in [0.1, 0.15) is 0 Å². The molecule has 0 atom stereocenters. The lowest BCUT2D eigenvalue weighted by atomic mass is 9.90. The smallest absolute Gasteiger partial charge is 0.0614 e. The van der Waals surface area contributed by atoms with Crippen LogP contribution in [0.2, 0.25) is 0 Å². The van der Waals surface area contributed by atoms with Crippen LogP contribution in [0.3, 0.4) is 0 Å². The van der Waals surface area contributed by atoms with E-state index in [1.54, 1.807) is 0 Å². The van der Waals surface area contributed by atoms with E-state index in [0.717, 1.165) is 77.4 Å². The average Bonchev–Trinajstić information content (AvgIpc) is 1.50. The Balaban J connectivity index is 1.15. The van der Waals surface area contributed by atoms with Crippen LogP contribution in [0.5, 0.6) is 0 Å². The molecule has 13 aromatic rings. The van der Waals surface area contributed by atoms with Crippen molar-refractivity contribution in [3.63, 3.8) is 0 Å². The van der Waals surface area contributed by atoms with Gasteiger partial charge in [0, 0.05) is 68.5 Å². The lowest BCUT2D eigenvalue weighted by Crippen LogP contribution is -2.02. The van der Waals surface area contributed by atoms with Gasteiger partial charge in [0.15, 0.2) is 0 Å². The second kappa shape index (κ2) is 62.4. The standard InChI is InChI=1S/C138H195N3/c1-10-19-28-37-46-52-61-70-109-76-88-115(89-77-109)121-103-127-130(106-124(121)118-94-82-112(83-95-118)73-64-55-49-40-31-22-13-4)139(100-67-58-43-34-25-16-7)136-133(127)137-135(128-104-122(116-90-78-110(79-91-116)71-62-53-47-38-29-20-11-2)125(107-131(128)140(137)101-68-59-44-35-26-17-8)119-96-84-113(85-97-119)74-65-56-50-41-32-23-14-5)138-134(136)129-105-123(117-92-80-111(81-93-117)72-63-54-48-39-30-21-12-3)126(108-132(129)141(138)102-69-60-45-36-27-18-9)120-98-86-114(87-99-120)75-66-57-51-42-33-24-15-6/h76-99,103-108H,10-75,100-102H2,1-9H3. The van der Waals surface area contributed by atoms with Crippen molar-refractivity contribution in [2.24, 2.45) is 0 Å². The van der Waals surface area contributed by atoms with Gasteiger partial charge in [-0.25, -0.2) is 0 Å².